The lowest BCUT2D eigenvalue weighted by atomic mass is 10.0. The van der Waals surface area contributed by atoms with Gasteiger partial charge in [-0.3, -0.25) is 0 Å². The minimum absolute atomic E-state index is 0.115. The first-order valence-corrected chi connectivity index (χ1v) is 5.09. The van der Waals surface area contributed by atoms with E-state index in [9.17, 15) is 0 Å². The molecule has 13 heavy (non-hydrogen) atoms. The van der Waals surface area contributed by atoms with Crippen molar-refractivity contribution in [2.24, 2.45) is 0 Å². The fourth-order valence-electron chi connectivity index (χ4n) is 1.37. The summed E-state index contributed by atoms with van der Waals surface area (Å²) < 4.78 is 6.27. The van der Waals surface area contributed by atoms with Crippen molar-refractivity contribution in [1.82, 2.24) is 0 Å². The summed E-state index contributed by atoms with van der Waals surface area (Å²) in [4.78, 5) is 0. The van der Waals surface area contributed by atoms with E-state index in [1.165, 1.54) is 0 Å². The van der Waals surface area contributed by atoms with Crippen molar-refractivity contribution in [3.05, 3.63) is 28.7 Å². The largest absolute Gasteiger partial charge is 0.376 e. The Morgan fingerprint density at radius 3 is 2.62 bits per heavy atom. The zero-order valence-electron chi connectivity index (χ0n) is 7.51. The van der Waals surface area contributed by atoms with E-state index < -0.39 is 0 Å². The summed E-state index contributed by atoms with van der Waals surface area (Å²) in [7, 11) is 0. The van der Waals surface area contributed by atoms with Gasteiger partial charge in [0, 0.05) is 10.2 Å². The summed E-state index contributed by atoms with van der Waals surface area (Å²) >= 11 is 3.50. The molecule has 2 rings (SSSR count). The molecule has 1 aromatic rings. The highest BCUT2D eigenvalue weighted by Gasteiger charge is 2.33. The summed E-state index contributed by atoms with van der Waals surface area (Å²) in [6.07, 6.45) is 0. The zero-order valence-corrected chi connectivity index (χ0v) is 9.10. The van der Waals surface area contributed by atoms with Crippen LogP contribution in [0.4, 0.5) is 5.69 Å². The highest BCUT2D eigenvalue weighted by Crippen LogP contribution is 2.27. The summed E-state index contributed by atoms with van der Waals surface area (Å²) in [5.74, 6) is 0. The number of nitrogens with one attached hydrogen (secondary N) is 1. The maximum atomic E-state index is 5.17. The van der Waals surface area contributed by atoms with Crippen molar-refractivity contribution >= 4 is 21.6 Å². The van der Waals surface area contributed by atoms with E-state index in [0.717, 1.165) is 23.4 Å². The molecule has 1 heterocycles. The third-order valence-electron chi connectivity index (χ3n) is 2.15. The minimum atomic E-state index is 0.115. The lowest BCUT2D eigenvalue weighted by molar-refractivity contribution is -0.0318. The Balaban J connectivity index is 2.13. The maximum Gasteiger partial charge on any atom is 0.0812 e. The molecule has 3 heteroatoms. The van der Waals surface area contributed by atoms with E-state index in [-0.39, 0.29) is 5.54 Å². The summed E-state index contributed by atoms with van der Waals surface area (Å²) in [6.45, 7) is 3.73. The molecular formula is C10H12BrNO. The van der Waals surface area contributed by atoms with Crippen LogP contribution in [0.3, 0.4) is 0 Å². The van der Waals surface area contributed by atoms with Gasteiger partial charge < -0.3 is 10.1 Å². The molecule has 0 radical (unpaired) electrons. The molecule has 0 aromatic heterocycles. The lowest BCUT2D eigenvalue weighted by Gasteiger charge is -2.39. The smallest absolute Gasteiger partial charge is 0.0812 e. The average Bonchev–Trinajstić information content (AvgIpc) is 2.06. The van der Waals surface area contributed by atoms with E-state index in [4.69, 9.17) is 4.74 Å². The molecular weight excluding hydrogens is 230 g/mol. The monoisotopic (exact) mass is 241 g/mol. The van der Waals surface area contributed by atoms with Crippen LogP contribution in [-0.2, 0) is 4.74 Å². The van der Waals surface area contributed by atoms with Gasteiger partial charge in [-0.1, -0.05) is 12.1 Å². The second kappa shape index (κ2) is 3.31. The van der Waals surface area contributed by atoms with Gasteiger partial charge in [-0.15, -0.1) is 0 Å². The van der Waals surface area contributed by atoms with Gasteiger partial charge in [0.15, 0.2) is 0 Å². The normalized spacial score (nSPS) is 19.2. The van der Waals surface area contributed by atoms with Crippen LogP contribution in [0.15, 0.2) is 28.7 Å². The Morgan fingerprint density at radius 1 is 1.38 bits per heavy atom. The van der Waals surface area contributed by atoms with E-state index in [1.54, 1.807) is 0 Å². The van der Waals surface area contributed by atoms with Crippen LogP contribution in [0.2, 0.25) is 0 Å². The van der Waals surface area contributed by atoms with Crippen molar-refractivity contribution in [3.63, 3.8) is 0 Å². The molecule has 0 bridgehead atoms. The molecule has 0 spiro atoms. The first kappa shape index (κ1) is 9.03. The van der Waals surface area contributed by atoms with Gasteiger partial charge in [0.25, 0.3) is 0 Å². The van der Waals surface area contributed by atoms with E-state index >= 15 is 0 Å². The van der Waals surface area contributed by atoms with Crippen molar-refractivity contribution in [1.29, 1.82) is 0 Å². The number of para-hydroxylation sites is 1. The Bertz CT molecular complexity index is 310. The van der Waals surface area contributed by atoms with E-state index in [0.29, 0.717) is 0 Å². The first-order chi connectivity index (χ1) is 6.20. The molecule has 70 valence electrons. The second-order valence-electron chi connectivity index (χ2n) is 3.66. The van der Waals surface area contributed by atoms with Gasteiger partial charge in [-0.25, -0.2) is 0 Å². The second-order valence-corrected chi connectivity index (χ2v) is 4.51. The summed E-state index contributed by atoms with van der Waals surface area (Å²) in [6, 6.07) is 8.13. The number of rotatable bonds is 2. The fraction of sp³-hybridized carbons (Fsp3) is 0.400. The summed E-state index contributed by atoms with van der Waals surface area (Å²) in [5, 5.41) is 3.45. The Labute approximate surface area is 86.4 Å². The molecule has 1 aromatic carbocycles. The van der Waals surface area contributed by atoms with Crippen LogP contribution in [0.25, 0.3) is 0 Å². The number of hydrogen-bond donors (Lipinski definition) is 1. The van der Waals surface area contributed by atoms with Crippen LogP contribution in [0.5, 0.6) is 0 Å². The Kier molecular flexibility index (Phi) is 2.30. The number of halogens is 1. The van der Waals surface area contributed by atoms with E-state index in [1.807, 2.05) is 18.2 Å². The van der Waals surface area contributed by atoms with Crippen LogP contribution in [0, 0.1) is 0 Å². The standard InChI is InChI=1S/C10H12BrNO/c1-10(6-13-7-10)12-9-5-3-2-4-8(9)11/h2-5,12H,6-7H2,1H3. The number of benzene rings is 1. The van der Waals surface area contributed by atoms with Crippen LogP contribution in [0.1, 0.15) is 6.92 Å². The molecule has 1 saturated heterocycles. The van der Waals surface area contributed by atoms with Crippen molar-refractivity contribution in [2.45, 2.75) is 12.5 Å². The maximum absolute atomic E-state index is 5.17. The predicted octanol–water partition coefficient (Wildman–Crippen LogP) is 2.65. The fourth-order valence-corrected chi connectivity index (χ4v) is 1.75. The topological polar surface area (TPSA) is 21.3 Å². The highest BCUT2D eigenvalue weighted by atomic mass is 79.9. The minimum Gasteiger partial charge on any atom is -0.376 e. The van der Waals surface area contributed by atoms with Gasteiger partial charge in [0.2, 0.25) is 0 Å². The van der Waals surface area contributed by atoms with Gasteiger partial charge in [-0.05, 0) is 35.0 Å². The highest BCUT2D eigenvalue weighted by molar-refractivity contribution is 9.10. The Morgan fingerprint density at radius 2 is 2.08 bits per heavy atom. The summed E-state index contributed by atoms with van der Waals surface area (Å²) in [5.41, 5.74) is 1.25. The molecule has 0 aliphatic carbocycles. The van der Waals surface area contributed by atoms with E-state index in [2.05, 4.69) is 34.2 Å². The van der Waals surface area contributed by atoms with Crippen LogP contribution < -0.4 is 5.32 Å². The number of hydrogen-bond acceptors (Lipinski definition) is 2. The predicted molar refractivity (Wildman–Crippen MR) is 57.0 cm³/mol. The molecule has 0 atom stereocenters. The van der Waals surface area contributed by atoms with Gasteiger partial charge in [-0.2, -0.15) is 0 Å². The van der Waals surface area contributed by atoms with Crippen molar-refractivity contribution in [3.8, 4) is 0 Å². The molecule has 0 unspecified atom stereocenters. The third kappa shape index (κ3) is 1.86. The van der Waals surface area contributed by atoms with Crippen molar-refractivity contribution < 1.29 is 4.74 Å². The number of anilines is 1. The van der Waals surface area contributed by atoms with Crippen molar-refractivity contribution in [2.75, 3.05) is 18.5 Å². The molecule has 2 nitrogen and oxygen atoms in total. The first-order valence-electron chi connectivity index (χ1n) is 4.30. The number of ether oxygens (including phenoxy) is 1. The lowest BCUT2D eigenvalue weighted by Crippen LogP contribution is -2.53. The molecule has 1 aliphatic heterocycles. The molecule has 1 fully saturated rings. The van der Waals surface area contributed by atoms with Gasteiger partial charge >= 0.3 is 0 Å². The molecule has 1 aliphatic rings. The van der Waals surface area contributed by atoms with Crippen LogP contribution in [-0.4, -0.2) is 18.8 Å². The molecule has 0 saturated carbocycles. The van der Waals surface area contributed by atoms with Crippen LogP contribution >= 0.6 is 15.9 Å². The quantitative estimate of drug-likeness (QED) is 0.860. The SMILES string of the molecule is CC1(Nc2ccccc2Br)COC1. The molecule has 0 amide bonds. The third-order valence-corrected chi connectivity index (χ3v) is 2.84. The average molecular weight is 242 g/mol. The Hall–Kier alpha value is -0.540. The van der Waals surface area contributed by atoms with Gasteiger partial charge in [0.1, 0.15) is 0 Å². The van der Waals surface area contributed by atoms with Gasteiger partial charge in [0.05, 0.1) is 18.8 Å². The zero-order chi connectivity index (χ0) is 9.31. The molecule has 1 N–H and O–H groups in total.